The number of hydrogen-bond acceptors (Lipinski definition) is 3. The lowest BCUT2D eigenvalue weighted by Crippen LogP contribution is -2.01. The van der Waals surface area contributed by atoms with E-state index in [0.29, 0.717) is 18.1 Å². The number of methoxy groups -OCH3 is 1. The van der Waals surface area contributed by atoms with Crippen molar-refractivity contribution in [3.05, 3.63) is 17.2 Å². The molecule has 1 heterocycles. The minimum atomic E-state index is -0.235. The third kappa shape index (κ3) is 2.54. The van der Waals surface area contributed by atoms with E-state index < -0.39 is 0 Å². The lowest BCUT2D eigenvalue weighted by Gasteiger charge is -1.95. The van der Waals surface area contributed by atoms with Gasteiger partial charge in [-0.3, -0.25) is 4.79 Å². The van der Waals surface area contributed by atoms with Gasteiger partial charge >= 0.3 is 5.97 Å². The Hall–Kier alpha value is -1.03. The Balaban J connectivity index is 2.38. The molecule has 0 radical (unpaired) electrons. The summed E-state index contributed by atoms with van der Waals surface area (Å²) in [6.07, 6.45) is 2.52. The van der Waals surface area contributed by atoms with Gasteiger partial charge in [0.15, 0.2) is 5.28 Å². The first kappa shape index (κ1) is 9.06. The number of halogens is 1. The van der Waals surface area contributed by atoms with Gasteiger partial charge < -0.3 is 9.72 Å². The van der Waals surface area contributed by atoms with Crippen molar-refractivity contribution in [3.63, 3.8) is 0 Å². The normalized spacial score (nSPS) is 9.83. The summed E-state index contributed by atoms with van der Waals surface area (Å²) in [5, 5.41) is 0.342. The molecule has 0 atom stereocenters. The molecule has 0 spiro atoms. The Kier molecular flexibility index (Phi) is 3.10. The maximum absolute atomic E-state index is 10.7. The fourth-order valence-electron chi connectivity index (χ4n) is 0.797. The van der Waals surface area contributed by atoms with E-state index in [1.807, 2.05) is 0 Å². The molecule has 0 saturated carbocycles. The topological polar surface area (TPSA) is 55.0 Å². The number of carbonyl (C=O) groups excluding carboxylic acids is 1. The summed E-state index contributed by atoms with van der Waals surface area (Å²) in [6, 6.07) is 0. The predicted molar refractivity (Wildman–Crippen MR) is 43.9 cm³/mol. The van der Waals surface area contributed by atoms with Crippen LogP contribution in [0.1, 0.15) is 12.1 Å². The van der Waals surface area contributed by atoms with Gasteiger partial charge in [0.1, 0.15) is 0 Å². The molecule has 4 nitrogen and oxygen atoms in total. The fourth-order valence-corrected chi connectivity index (χ4v) is 0.968. The summed E-state index contributed by atoms with van der Waals surface area (Å²) in [4.78, 5) is 17.3. The van der Waals surface area contributed by atoms with Crippen molar-refractivity contribution in [2.75, 3.05) is 7.11 Å². The molecular formula is C7H9ClN2O2. The quantitative estimate of drug-likeness (QED) is 0.725. The molecule has 0 saturated heterocycles. The molecule has 66 valence electrons. The lowest BCUT2D eigenvalue weighted by molar-refractivity contribution is -0.140. The van der Waals surface area contributed by atoms with Crippen molar-refractivity contribution in [3.8, 4) is 0 Å². The number of H-pyrrole nitrogens is 1. The number of aromatic nitrogens is 2. The Bertz CT molecular complexity index is 272. The van der Waals surface area contributed by atoms with Gasteiger partial charge in [0, 0.05) is 11.9 Å². The van der Waals surface area contributed by atoms with Gasteiger partial charge in [0.25, 0.3) is 0 Å². The predicted octanol–water partition coefficient (Wildman–Crippen LogP) is 1.17. The van der Waals surface area contributed by atoms with E-state index in [-0.39, 0.29) is 5.97 Å². The van der Waals surface area contributed by atoms with E-state index in [2.05, 4.69) is 14.7 Å². The number of nitrogens with zero attached hydrogens (tertiary/aromatic N) is 1. The zero-order valence-corrected chi connectivity index (χ0v) is 7.39. The number of esters is 1. The van der Waals surface area contributed by atoms with Gasteiger partial charge in [-0.15, -0.1) is 0 Å². The summed E-state index contributed by atoms with van der Waals surface area (Å²) in [5.74, 6) is -0.235. The SMILES string of the molecule is COC(=O)CCc1cnc(Cl)[nH]1. The van der Waals surface area contributed by atoms with Crippen LogP contribution in [0.15, 0.2) is 6.20 Å². The van der Waals surface area contributed by atoms with E-state index in [1.165, 1.54) is 7.11 Å². The molecule has 12 heavy (non-hydrogen) atoms. The van der Waals surface area contributed by atoms with Crippen molar-refractivity contribution in [1.29, 1.82) is 0 Å². The zero-order chi connectivity index (χ0) is 8.97. The Labute approximate surface area is 74.9 Å². The molecule has 1 aromatic rings. The minimum absolute atomic E-state index is 0.235. The number of imidazole rings is 1. The highest BCUT2D eigenvalue weighted by Crippen LogP contribution is 2.04. The molecule has 0 aliphatic carbocycles. The maximum Gasteiger partial charge on any atom is 0.305 e. The number of carbonyl (C=O) groups is 1. The molecule has 5 heteroatoms. The first-order valence-corrected chi connectivity index (χ1v) is 3.86. The molecule has 0 amide bonds. The molecular weight excluding hydrogens is 180 g/mol. The summed E-state index contributed by atoms with van der Waals surface area (Å²) in [5.41, 5.74) is 0.838. The number of nitrogens with one attached hydrogen (secondary N) is 1. The monoisotopic (exact) mass is 188 g/mol. The highest BCUT2D eigenvalue weighted by Gasteiger charge is 2.02. The number of rotatable bonds is 3. The van der Waals surface area contributed by atoms with Gasteiger partial charge in [-0.2, -0.15) is 0 Å². The van der Waals surface area contributed by atoms with Crippen LogP contribution in [0.2, 0.25) is 5.28 Å². The largest absolute Gasteiger partial charge is 0.469 e. The first-order valence-electron chi connectivity index (χ1n) is 3.48. The molecule has 1 N–H and O–H groups in total. The second-order valence-electron chi connectivity index (χ2n) is 2.28. The summed E-state index contributed by atoms with van der Waals surface area (Å²) >= 11 is 5.53. The first-order chi connectivity index (χ1) is 5.72. The summed E-state index contributed by atoms with van der Waals surface area (Å²) in [7, 11) is 1.36. The minimum Gasteiger partial charge on any atom is -0.469 e. The highest BCUT2D eigenvalue weighted by atomic mass is 35.5. The molecule has 0 aliphatic heterocycles. The van der Waals surface area contributed by atoms with Crippen molar-refractivity contribution in [2.45, 2.75) is 12.8 Å². The smallest absolute Gasteiger partial charge is 0.305 e. The van der Waals surface area contributed by atoms with Gasteiger partial charge in [-0.25, -0.2) is 4.98 Å². The number of ether oxygens (including phenoxy) is 1. The second-order valence-corrected chi connectivity index (χ2v) is 2.63. The Morgan fingerprint density at radius 3 is 3.08 bits per heavy atom. The molecule has 0 aliphatic rings. The van der Waals surface area contributed by atoms with Crippen LogP contribution in [0.25, 0.3) is 0 Å². The zero-order valence-electron chi connectivity index (χ0n) is 6.63. The highest BCUT2D eigenvalue weighted by molar-refractivity contribution is 6.28. The Morgan fingerprint density at radius 2 is 2.58 bits per heavy atom. The van der Waals surface area contributed by atoms with Crippen LogP contribution < -0.4 is 0 Å². The maximum atomic E-state index is 10.7. The van der Waals surface area contributed by atoms with E-state index in [9.17, 15) is 4.79 Å². The average Bonchev–Trinajstić information content (AvgIpc) is 2.47. The molecule has 0 unspecified atom stereocenters. The molecule has 0 fully saturated rings. The fraction of sp³-hybridized carbons (Fsp3) is 0.429. The van der Waals surface area contributed by atoms with Crippen LogP contribution in [-0.2, 0) is 16.0 Å². The lowest BCUT2D eigenvalue weighted by atomic mass is 10.2. The van der Waals surface area contributed by atoms with Gasteiger partial charge in [0.05, 0.1) is 13.5 Å². The van der Waals surface area contributed by atoms with Gasteiger partial charge in [-0.1, -0.05) is 0 Å². The summed E-state index contributed by atoms with van der Waals surface area (Å²) < 4.78 is 4.47. The van der Waals surface area contributed by atoms with E-state index in [0.717, 1.165) is 5.69 Å². The third-order valence-electron chi connectivity index (χ3n) is 1.42. The number of aryl methyl sites for hydroxylation is 1. The van der Waals surface area contributed by atoms with Crippen molar-refractivity contribution >= 4 is 17.6 Å². The molecule has 0 aromatic carbocycles. The molecule has 1 aromatic heterocycles. The second kappa shape index (κ2) is 4.11. The van der Waals surface area contributed by atoms with E-state index in [1.54, 1.807) is 6.20 Å². The standard InChI is InChI=1S/C7H9ClN2O2/c1-12-6(11)3-2-5-4-9-7(8)10-5/h4H,2-3H2,1H3,(H,9,10). The van der Waals surface area contributed by atoms with Crippen molar-refractivity contribution < 1.29 is 9.53 Å². The van der Waals surface area contributed by atoms with Crippen LogP contribution >= 0.6 is 11.6 Å². The van der Waals surface area contributed by atoms with Crippen molar-refractivity contribution in [1.82, 2.24) is 9.97 Å². The van der Waals surface area contributed by atoms with E-state index >= 15 is 0 Å². The van der Waals surface area contributed by atoms with Crippen LogP contribution in [0.3, 0.4) is 0 Å². The van der Waals surface area contributed by atoms with Gasteiger partial charge in [-0.05, 0) is 18.0 Å². The molecule has 1 rings (SSSR count). The van der Waals surface area contributed by atoms with E-state index in [4.69, 9.17) is 11.6 Å². The van der Waals surface area contributed by atoms with Crippen LogP contribution in [0.4, 0.5) is 0 Å². The van der Waals surface area contributed by atoms with Crippen LogP contribution in [0.5, 0.6) is 0 Å². The van der Waals surface area contributed by atoms with Crippen LogP contribution in [-0.4, -0.2) is 23.0 Å². The molecule has 0 bridgehead atoms. The Morgan fingerprint density at radius 1 is 1.83 bits per heavy atom. The summed E-state index contributed by atoms with van der Waals surface area (Å²) in [6.45, 7) is 0. The number of aromatic amines is 1. The third-order valence-corrected chi connectivity index (χ3v) is 1.62. The average molecular weight is 189 g/mol. The van der Waals surface area contributed by atoms with Crippen LogP contribution in [0, 0.1) is 0 Å². The number of hydrogen-bond donors (Lipinski definition) is 1. The van der Waals surface area contributed by atoms with Crippen molar-refractivity contribution in [2.24, 2.45) is 0 Å². The van der Waals surface area contributed by atoms with Gasteiger partial charge in [0.2, 0.25) is 0 Å².